The zero-order chi connectivity index (χ0) is 64.6. The Kier molecular flexibility index (Phi) is 38.9. The van der Waals surface area contributed by atoms with Gasteiger partial charge in [0, 0.05) is 48.1 Å². The van der Waals surface area contributed by atoms with Gasteiger partial charge >= 0.3 is 0 Å². The summed E-state index contributed by atoms with van der Waals surface area (Å²) in [6, 6.07) is 8.92. The lowest BCUT2D eigenvalue weighted by Crippen LogP contribution is -2.36. The van der Waals surface area contributed by atoms with Crippen molar-refractivity contribution in [3.05, 3.63) is 69.3 Å². The van der Waals surface area contributed by atoms with Crippen LogP contribution in [0.25, 0.3) is 44.4 Å². The Labute approximate surface area is 546 Å². The highest BCUT2D eigenvalue weighted by atomic mass is 16.3. The van der Waals surface area contributed by atoms with E-state index in [1.54, 1.807) is 0 Å². The van der Waals surface area contributed by atoms with Crippen molar-refractivity contribution >= 4 is 50.3 Å². The normalized spacial score (nSPS) is 13.1. The molecular formula is C74H130N14O2. The molecule has 2 aliphatic heterocycles. The Morgan fingerprint density at radius 1 is 0.433 bits per heavy atom. The van der Waals surface area contributed by atoms with Crippen LogP contribution in [-0.4, -0.2) is 178 Å². The third kappa shape index (κ3) is 26.9. The molecule has 0 unspecified atom stereocenters. The second-order valence-electron chi connectivity index (χ2n) is 25.4. The number of nitrogens with zero attached hydrogens (tertiary/aromatic N) is 4. The minimum Gasteiger partial charge on any atom is -0.378 e. The Balaban J connectivity index is 1.16. The second-order valence-corrected chi connectivity index (χ2v) is 25.4. The number of hydrogen-bond donors (Lipinski definition) is 11. The van der Waals surface area contributed by atoms with Crippen molar-refractivity contribution in [3.8, 4) is 0 Å². The molecule has 16 nitrogen and oxygen atoms in total. The molecule has 508 valence electrons. The van der Waals surface area contributed by atoms with Crippen molar-refractivity contribution in [1.29, 1.82) is 0 Å². The molecule has 5 heterocycles. The lowest BCUT2D eigenvalue weighted by Gasteiger charge is -2.27. The van der Waals surface area contributed by atoms with Gasteiger partial charge in [-0.05, 0) is 350 Å². The van der Waals surface area contributed by atoms with Gasteiger partial charge in [0.15, 0.2) is 0 Å². The van der Waals surface area contributed by atoms with Crippen molar-refractivity contribution in [2.75, 3.05) is 131 Å². The van der Waals surface area contributed by atoms with Crippen LogP contribution in [0, 0.1) is 13.8 Å². The molecule has 8 bridgehead atoms. The maximum atomic E-state index is 14.2. The van der Waals surface area contributed by atoms with E-state index >= 15 is 0 Å². The molecule has 0 radical (unpaired) electrons. The molecule has 3 aromatic heterocycles. The van der Waals surface area contributed by atoms with Crippen molar-refractivity contribution in [3.63, 3.8) is 0 Å². The predicted octanol–water partition coefficient (Wildman–Crippen LogP) is 12.0. The summed E-state index contributed by atoms with van der Waals surface area (Å²) in [5.74, 6) is 0.191. The Morgan fingerprint density at radius 2 is 0.789 bits per heavy atom. The third-order valence-electron chi connectivity index (χ3n) is 18.6. The number of aliphatic hydroxyl groups is 1. The Hall–Kier alpha value is -4.33. The van der Waals surface area contributed by atoms with E-state index in [4.69, 9.17) is 9.97 Å². The van der Waals surface area contributed by atoms with Gasteiger partial charge < -0.3 is 62.5 Å². The van der Waals surface area contributed by atoms with Crippen LogP contribution >= 0.6 is 0 Å². The molecule has 16 heteroatoms. The number of nitrogens with one attached hydrogen (secondary N) is 10. The first-order valence-corrected chi connectivity index (χ1v) is 36.5. The van der Waals surface area contributed by atoms with Gasteiger partial charge in [-0.15, -0.1) is 0 Å². The molecule has 90 heavy (non-hydrogen) atoms. The minimum atomic E-state index is -0.572. The average Bonchev–Trinajstić information content (AvgIpc) is 1.70. The smallest absolute Gasteiger partial charge is 0.222 e. The molecule has 1 amide bonds. The Bertz CT molecular complexity index is 2710. The second kappa shape index (κ2) is 45.9. The SMILES string of the molecule is CCNCCCCNCCCCNCCCCNCCCCN(CC)C(=O)CCC1=C(C)c2cc3[nH]c(cc4[nH]c(cc5nc(cc1n2)C(CC[C@@H](O)N(CC)CCCCNCCCCNCCCCNCCCCNCC)=C5C)c(CC)c4C)c(CC)c3C. The van der Waals surface area contributed by atoms with Gasteiger partial charge in [0.25, 0.3) is 0 Å². The van der Waals surface area contributed by atoms with Gasteiger partial charge in [-0.3, -0.25) is 9.69 Å². The summed E-state index contributed by atoms with van der Waals surface area (Å²) < 4.78 is 0. The van der Waals surface area contributed by atoms with E-state index in [1.807, 2.05) is 4.90 Å². The molecule has 0 aliphatic carbocycles. The van der Waals surface area contributed by atoms with E-state index in [9.17, 15) is 9.90 Å². The lowest BCUT2D eigenvalue weighted by molar-refractivity contribution is -0.131. The molecule has 0 fully saturated rings. The van der Waals surface area contributed by atoms with Gasteiger partial charge in [0.05, 0.1) is 22.8 Å². The summed E-state index contributed by atoms with van der Waals surface area (Å²) in [5.41, 5.74) is 17.5. The van der Waals surface area contributed by atoms with Crippen LogP contribution in [0.3, 0.4) is 0 Å². The fourth-order valence-electron chi connectivity index (χ4n) is 12.8. The van der Waals surface area contributed by atoms with Gasteiger partial charge in [-0.25, -0.2) is 9.97 Å². The Morgan fingerprint density at radius 3 is 1.18 bits per heavy atom. The number of unbranched alkanes of at least 4 members (excludes halogenated alkanes) is 8. The van der Waals surface area contributed by atoms with Crippen LogP contribution in [0.15, 0.2) is 24.3 Å². The largest absolute Gasteiger partial charge is 0.378 e. The number of carbonyl (C=O) groups excluding carboxylic acids is 1. The zero-order valence-electron chi connectivity index (χ0n) is 58.7. The number of amides is 1. The van der Waals surface area contributed by atoms with Crippen molar-refractivity contribution < 1.29 is 9.90 Å². The first kappa shape index (κ1) is 76.4. The summed E-state index contributed by atoms with van der Waals surface area (Å²) in [6.45, 7) is 42.3. The number of aliphatic hydroxyl groups excluding tert-OH is 1. The van der Waals surface area contributed by atoms with E-state index < -0.39 is 6.23 Å². The van der Waals surface area contributed by atoms with Crippen LogP contribution in [-0.2, 0) is 17.6 Å². The number of carbonyl (C=O) groups is 1. The number of aryl methyl sites for hydroxylation is 4. The number of aromatic nitrogens is 4. The predicted molar refractivity (Wildman–Crippen MR) is 386 cm³/mol. The van der Waals surface area contributed by atoms with E-state index in [2.05, 4.69) is 151 Å². The highest BCUT2D eigenvalue weighted by Gasteiger charge is 2.25. The summed E-state index contributed by atoms with van der Waals surface area (Å²) >= 11 is 0. The number of rotatable bonds is 53. The van der Waals surface area contributed by atoms with Gasteiger partial charge in [0.2, 0.25) is 5.91 Å². The maximum Gasteiger partial charge on any atom is 0.222 e. The van der Waals surface area contributed by atoms with E-state index in [0.29, 0.717) is 32.2 Å². The molecule has 5 rings (SSSR count). The third-order valence-corrected chi connectivity index (χ3v) is 18.6. The quantitative estimate of drug-likeness (QED) is 0.0189. The molecule has 0 saturated heterocycles. The number of allylic oxidation sites excluding steroid dienone is 4. The maximum absolute atomic E-state index is 14.2. The number of aromatic amines is 2. The van der Waals surface area contributed by atoms with Crippen molar-refractivity contribution in [2.45, 2.75) is 217 Å². The highest BCUT2D eigenvalue weighted by Crippen LogP contribution is 2.39. The van der Waals surface area contributed by atoms with Crippen LogP contribution in [0.1, 0.15) is 229 Å². The average molecular weight is 1250 g/mol. The summed E-state index contributed by atoms with van der Waals surface area (Å²) in [7, 11) is 0. The van der Waals surface area contributed by atoms with E-state index in [0.717, 1.165) is 230 Å². The summed E-state index contributed by atoms with van der Waals surface area (Å²) in [4.78, 5) is 37.0. The lowest BCUT2D eigenvalue weighted by atomic mass is 9.97. The minimum absolute atomic E-state index is 0.191. The van der Waals surface area contributed by atoms with Crippen LogP contribution in [0.2, 0.25) is 0 Å². The molecule has 3 aromatic rings. The first-order valence-electron chi connectivity index (χ1n) is 36.5. The standard InChI is InChI=1S/C74H130N14O2/c1-11-61-57(7)65-53-66-59(9)63(33-35-73(89)87(15-5)51-31-29-49-81-47-27-25-45-79-43-23-21-41-77-39-19-17-37-75-13-3)71(85-66)56-72-64(60(10)68(86-72)55-70-62(12-2)58(8)67(84-70)54-69(61)83-65)34-36-74(90)88(16-6)52-32-30-50-82-48-28-26-46-80-44-24-22-42-78-40-20-18-38-76-14-4/h53-56,74-84,90H,11-52H2,1-10H3/t74-/m1/s1. The van der Waals surface area contributed by atoms with Gasteiger partial charge in [-0.1, -0.05) is 34.6 Å². The van der Waals surface area contributed by atoms with Crippen molar-refractivity contribution in [2.24, 2.45) is 0 Å². The van der Waals surface area contributed by atoms with Crippen LogP contribution in [0.5, 0.6) is 0 Å². The van der Waals surface area contributed by atoms with E-state index in [1.165, 1.54) is 99.3 Å². The molecular weight excluding hydrogens is 1120 g/mol. The number of hydrogen-bond acceptors (Lipinski definition) is 13. The molecule has 0 saturated carbocycles. The van der Waals surface area contributed by atoms with Gasteiger partial charge in [0.1, 0.15) is 6.23 Å². The summed E-state index contributed by atoms with van der Waals surface area (Å²) in [6.07, 6.45) is 22.3. The molecule has 1 atom stereocenters. The number of H-pyrrole nitrogens is 2. The molecule has 0 aromatic carbocycles. The molecule has 11 N–H and O–H groups in total. The molecule has 0 spiro atoms. The zero-order valence-corrected chi connectivity index (χ0v) is 58.7. The van der Waals surface area contributed by atoms with Crippen LogP contribution in [0.4, 0.5) is 0 Å². The highest BCUT2D eigenvalue weighted by molar-refractivity contribution is 5.96. The topological polar surface area (TPSA) is 197 Å². The fraction of sp³-hybridized carbons (Fsp3) is 0.716. The number of fused-ring (bicyclic) bond motifs is 8. The summed E-state index contributed by atoms with van der Waals surface area (Å²) in [5, 5.41) is 40.4. The fourth-order valence-corrected chi connectivity index (χ4v) is 12.8. The first-order chi connectivity index (χ1) is 44.0. The van der Waals surface area contributed by atoms with E-state index in [-0.39, 0.29) is 5.91 Å². The van der Waals surface area contributed by atoms with Crippen LogP contribution < -0.4 is 42.5 Å². The molecule has 2 aliphatic rings. The monoisotopic (exact) mass is 1250 g/mol. The van der Waals surface area contributed by atoms with Gasteiger partial charge in [-0.2, -0.15) is 0 Å². The van der Waals surface area contributed by atoms with Crippen molar-refractivity contribution in [1.82, 2.24) is 72.3 Å².